The Balaban J connectivity index is 1.84. The minimum atomic E-state index is -5.83. The zero-order valence-corrected chi connectivity index (χ0v) is 29.0. The van der Waals surface area contributed by atoms with Crippen molar-refractivity contribution in [2.45, 2.75) is 180 Å². The van der Waals surface area contributed by atoms with Gasteiger partial charge in [0.2, 0.25) is 0 Å². The van der Waals surface area contributed by atoms with E-state index in [1.807, 2.05) is 0 Å². The van der Waals surface area contributed by atoms with Crippen molar-refractivity contribution in [1.82, 2.24) is 0 Å². The Morgan fingerprint density at radius 3 is 1.50 bits per heavy atom. The lowest BCUT2D eigenvalue weighted by Gasteiger charge is -2.71. The van der Waals surface area contributed by atoms with Gasteiger partial charge < -0.3 is 9.47 Å². The van der Waals surface area contributed by atoms with Gasteiger partial charge >= 0.3 is 24.7 Å². The number of hydrogen-bond donors (Lipinski definition) is 0. The van der Waals surface area contributed by atoms with Crippen LogP contribution in [0.4, 0.5) is 52.7 Å². The standard InChI is InChI=1S/C34H50F12O2/c1-9-25(7,26(8)12-10-11-13-29(48-26,31(35,36)37)32(38,39)40)19-24(5,6)27-15-21-14-22(16-27)18-28(17-21,20-27)30(33(41,42)43,34(44,45)46)47-23(2,3)4/h21-22H,9-20H2,1-8H3. The van der Waals surface area contributed by atoms with E-state index in [0.717, 1.165) is 20.8 Å². The molecule has 0 radical (unpaired) electrons. The summed E-state index contributed by atoms with van der Waals surface area (Å²) in [4.78, 5) is 0. The average Bonchev–Trinajstić information content (AvgIpc) is 3.05. The highest BCUT2D eigenvalue weighted by Gasteiger charge is 2.85. The summed E-state index contributed by atoms with van der Waals surface area (Å²) in [6.07, 6.45) is -25.1. The van der Waals surface area contributed by atoms with Crippen LogP contribution in [0.25, 0.3) is 0 Å². The van der Waals surface area contributed by atoms with Gasteiger partial charge in [0.25, 0.3) is 11.2 Å². The van der Waals surface area contributed by atoms with E-state index in [2.05, 4.69) is 0 Å². The molecule has 4 atom stereocenters. The van der Waals surface area contributed by atoms with Crippen LogP contribution in [0.15, 0.2) is 0 Å². The van der Waals surface area contributed by atoms with Crippen molar-refractivity contribution in [3.63, 3.8) is 0 Å². The second-order valence-corrected chi connectivity index (χ2v) is 17.8. The molecule has 0 aromatic heterocycles. The Labute approximate surface area is 275 Å². The van der Waals surface area contributed by atoms with Gasteiger partial charge in [0.15, 0.2) is 0 Å². The predicted octanol–water partition coefficient (Wildman–Crippen LogP) is 12.3. The number of halogens is 12. The molecule has 14 heteroatoms. The molecule has 0 aromatic carbocycles. The molecule has 0 N–H and O–H groups in total. The van der Waals surface area contributed by atoms with Crippen molar-refractivity contribution >= 4 is 0 Å². The lowest BCUT2D eigenvalue weighted by Crippen LogP contribution is -2.75. The summed E-state index contributed by atoms with van der Waals surface area (Å²) in [5.74, 6) is -0.974. The van der Waals surface area contributed by atoms with Crippen LogP contribution in [-0.2, 0) is 9.47 Å². The molecule has 2 nitrogen and oxygen atoms in total. The van der Waals surface area contributed by atoms with E-state index in [4.69, 9.17) is 9.47 Å². The van der Waals surface area contributed by atoms with E-state index in [1.165, 1.54) is 6.92 Å². The minimum absolute atomic E-state index is 0.0165. The van der Waals surface area contributed by atoms with E-state index in [9.17, 15) is 26.3 Å². The van der Waals surface area contributed by atoms with Gasteiger partial charge in [-0.3, -0.25) is 0 Å². The summed E-state index contributed by atoms with van der Waals surface area (Å²) >= 11 is 0. The van der Waals surface area contributed by atoms with Crippen molar-refractivity contribution in [1.29, 1.82) is 0 Å². The summed E-state index contributed by atoms with van der Waals surface area (Å²) in [7, 11) is 0. The van der Waals surface area contributed by atoms with Crippen LogP contribution in [0.2, 0.25) is 0 Å². The summed E-state index contributed by atoms with van der Waals surface area (Å²) in [6, 6.07) is 0. The van der Waals surface area contributed by atoms with Crippen molar-refractivity contribution < 1.29 is 62.2 Å². The van der Waals surface area contributed by atoms with Gasteiger partial charge in [0.1, 0.15) is 0 Å². The monoisotopic (exact) mass is 718 g/mol. The smallest absolute Gasteiger partial charge is 0.352 e. The Morgan fingerprint density at radius 1 is 0.667 bits per heavy atom. The van der Waals surface area contributed by atoms with Crippen LogP contribution in [0.3, 0.4) is 0 Å². The first-order valence-corrected chi connectivity index (χ1v) is 16.9. The van der Waals surface area contributed by atoms with Gasteiger partial charge in [-0.15, -0.1) is 0 Å². The summed E-state index contributed by atoms with van der Waals surface area (Å²) in [5.41, 5.74) is -18.7. The largest absolute Gasteiger partial charge is 0.427 e. The quantitative estimate of drug-likeness (QED) is 0.244. The number of rotatable bonds is 7. The fourth-order valence-electron chi connectivity index (χ4n) is 11.1. The Kier molecular flexibility index (Phi) is 9.37. The lowest BCUT2D eigenvalue weighted by atomic mass is 9.35. The van der Waals surface area contributed by atoms with Crippen LogP contribution >= 0.6 is 0 Å². The first-order chi connectivity index (χ1) is 21.2. The van der Waals surface area contributed by atoms with Crippen molar-refractivity contribution in [3.05, 3.63) is 0 Å². The zero-order chi connectivity index (χ0) is 37.1. The topological polar surface area (TPSA) is 18.5 Å². The van der Waals surface area contributed by atoms with E-state index < -0.39 is 99.9 Å². The molecule has 0 aromatic rings. The number of ether oxygens (including phenoxy) is 2. The van der Waals surface area contributed by atoms with Crippen molar-refractivity contribution in [2.75, 3.05) is 0 Å². The highest BCUT2D eigenvalue weighted by atomic mass is 19.4. The lowest BCUT2D eigenvalue weighted by molar-refractivity contribution is -0.449. The number of alkyl halides is 12. The molecule has 48 heavy (non-hydrogen) atoms. The average molecular weight is 719 g/mol. The first-order valence-electron chi connectivity index (χ1n) is 16.9. The molecule has 4 saturated carbocycles. The second kappa shape index (κ2) is 11.3. The normalized spacial score (nSPS) is 35.0. The van der Waals surface area contributed by atoms with E-state index in [1.54, 1.807) is 27.7 Å². The molecule has 1 saturated heterocycles. The fourth-order valence-corrected chi connectivity index (χ4v) is 11.1. The zero-order valence-electron chi connectivity index (χ0n) is 29.0. The van der Waals surface area contributed by atoms with Crippen LogP contribution in [0, 0.1) is 33.5 Å². The van der Waals surface area contributed by atoms with Gasteiger partial charge in [0, 0.05) is 5.41 Å². The minimum Gasteiger partial charge on any atom is -0.352 e. The fraction of sp³-hybridized carbons (Fsp3) is 1.00. The molecule has 5 rings (SSSR count). The highest BCUT2D eigenvalue weighted by Crippen LogP contribution is 2.77. The van der Waals surface area contributed by atoms with Gasteiger partial charge in [0.05, 0.1) is 11.2 Å². The molecule has 5 aliphatic rings. The second-order valence-electron chi connectivity index (χ2n) is 17.8. The maximum atomic E-state index is 15.2. The summed E-state index contributed by atoms with van der Waals surface area (Å²) in [5, 5.41) is 0. The van der Waals surface area contributed by atoms with Crippen molar-refractivity contribution in [3.8, 4) is 0 Å². The Bertz CT molecular complexity index is 1150. The number of hydrogen-bond acceptors (Lipinski definition) is 2. The van der Waals surface area contributed by atoms with Crippen LogP contribution in [0.5, 0.6) is 0 Å². The molecule has 4 bridgehead atoms. The van der Waals surface area contributed by atoms with Gasteiger partial charge in [-0.25, -0.2) is 0 Å². The third kappa shape index (κ3) is 5.88. The Morgan fingerprint density at radius 2 is 1.10 bits per heavy atom. The maximum absolute atomic E-state index is 15.2. The molecular weight excluding hydrogens is 668 g/mol. The molecule has 1 aliphatic heterocycles. The first kappa shape index (κ1) is 39.9. The molecule has 4 unspecified atom stereocenters. The van der Waals surface area contributed by atoms with Crippen LogP contribution < -0.4 is 0 Å². The summed E-state index contributed by atoms with van der Waals surface area (Å²) in [6.45, 7) is 11.3. The maximum Gasteiger partial charge on any atom is 0.427 e. The molecule has 5 fully saturated rings. The molecule has 0 spiro atoms. The highest BCUT2D eigenvalue weighted by molar-refractivity contribution is 5.22. The molecular formula is C34H50F12O2. The molecule has 282 valence electrons. The van der Waals surface area contributed by atoms with Crippen LogP contribution in [0.1, 0.15) is 132 Å². The van der Waals surface area contributed by atoms with E-state index in [-0.39, 0.29) is 38.5 Å². The van der Waals surface area contributed by atoms with E-state index >= 15 is 26.3 Å². The predicted molar refractivity (Wildman–Crippen MR) is 155 cm³/mol. The third-order valence-electron chi connectivity index (χ3n) is 13.1. The summed E-state index contributed by atoms with van der Waals surface area (Å²) < 4.78 is 188. The molecule has 0 amide bonds. The van der Waals surface area contributed by atoms with Crippen molar-refractivity contribution in [2.24, 2.45) is 33.5 Å². The third-order valence-corrected chi connectivity index (χ3v) is 13.1. The Hall–Kier alpha value is -0.920. The van der Waals surface area contributed by atoms with Gasteiger partial charge in [-0.1, -0.05) is 34.1 Å². The molecule has 1 heterocycles. The SMILES string of the molecule is CCC(C)(CC(C)(C)C12CC3CC(C1)CC(C(OC(C)(C)C)(C(F)(F)F)C(F)(F)F)(C3)C2)C1(C)CCCCC(C(F)(F)F)(C(F)(F)F)O1. The van der Waals surface area contributed by atoms with Gasteiger partial charge in [-0.2, -0.15) is 52.7 Å². The van der Waals surface area contributed by atoms with E-state index in [0.29, 0.717) is 19.3 Å². The van der Waals surface area contributed by atoms with Gasteiger partial charge in [-0.05, 0) is 126 Å². The van der Waals surface area contributed by atoms with Crippen LogP contribution in [-0.4, -0.2) is 47.1 Å². The molecule has 4 aliphatic carbocycles.